The highest BCUT2D eigenvalue weighted by Crippen LogP contribution is 2.48. The SMILES string of the molecule is CC(C)(O)[C@H](F)Cn1cc(-c2cnc(-c3ccc4cc(C#N)cnn34)cc2NC23CCC(N)(CC2)CC3)nn1.Cl. The number of fused-ring (bicyclic) bond motifs is 4. The highest BCUT2D eigenvalue weighted by atomic mass is 35.5. The van der Waals surface area contributed by atoms with E-state index in [1.54, 1.807) is 23.0 Å². The fourth-order valence-corrected chi connectivity index (χ4v) is 5.74. The summed E-state index contributed by atoms with van der Waals surface area (Å²) in [5, 5.41) is 36.0. The van der Waals surface area contributed by atoms with Gasteiger partial charge in [0.2, 0.25) is 0 Å². The van der Waals surface area contributed by atoms with Gasteiger partial charge < -0.3 is 16.2 Å². The molecule has 4 N–H and O–H groups in total. The second kappa shape index (κ2) is 10.1. The van der Waals surface area contributed by atoms with Crippen molar-refractivity contribution in [2.75, 3.05) is 5.32 Å². The molecule has 3 saturated carbocycles. The molecule has 0 amide bonds. The van der Waals surface area contributed by atoms with Gasteiger partial charge in [-0.15, -0.1) is 17.5 Å². The van der Waals surface area contributed by atoms with Gasteiger partial charge in [-0.3, -0.25) is 4.98 Å². The van der Waals surface area contributed by atoms with E-state index in [9.17, 15) is 14.8 Å². The van der Waals surface area contributed by atoms with Crippen LogP contribution in [0.2, 0.25) is 0 Å². The van der Waals surface area contributed by atoms with Crippen molar-refractivity contribution in [2.45, 2.75) is 81.8 Å². The average Bonchev–Trinajstić information content (AvgIpc) is 3.56. The van der Waals surface area contributed by atoms with Gasteiger partial charge in [-0.1, -0.05) is 5.21 Å². The first kappa shape index (κ1) is 28.0. The minimum Gasteiger partial charge on any atom is -0.387 e. The first-order valence-electron chi connectivity index (χ1n) is 13.3. The number of nitrogens with zero attached hydrogens (tertiary/aromatic N) is 7. The molecule has 10 nitrogen and oxygen atoms in total. The zero-order valence-electron chi connectivity index (χ0n) is 22.5. The highest BCUT2D eigenvalue weighted by molar-refractivity contribution is 5.85. The molecule has 4 aromatic heterocycles. The topological polar surface area (TPSA) is 143 Å². The molecule has 1 atom stereocenters. The summed E-state index contributed by atoms with van der Waals surface area (Å²) >= 11 is 0. The molecule has 0 radical (unpaired) electrons. The second-order valence-corrected chi connectivity index (χ2v) is 11.7. The summed E-state index contributed by atoms with van der Waals surface area (Å²) in [6.45, 7) is 2.76. The molecule has 3 aliphatic carbocycles. The van der Waals surface area contributed by atoms with Crippen LogP contribution in [0.25, 0.3) is 28.2 Å². The van der Waals surface area contributed by atoms with Gasteiger partial charge >= 0.3 is 0 Å². The smallest absolute Gasteiger partial charge is 0.148 e. The Morgan fingerprint density at radius 2 is 1.88 bits per heavy atom. The van der Waals surface area contributed by atoms with Crippen molar-refractivity contribution in [1.29, 1.82) is 5.26 Å². The Balaban J connectivity index is 0.00000323. The van der Waals surface area contributed by atoms with Gasteiger partial charge in [0.05, 0.1) is 47.0 Å². The van der Waals surface area contributed by atoms with Crippen molar-refractivity contribution in [3.8, 4) is 28.7 Å². The largest absolute Gasteiger partial charge is 0.387 e. The maximum absolute atomic E-state index is 14.5. The molecule has 12 heteroatoms. The van der Waals surface area contributed by atoms with Crippen LogP contribution in [0.1, 0.15) is 57.9 Å². The van der Waals surface area contributed by atoms with E-state index in [0.29, 0.717) is 17.0 Å². The number of aromatic nitrogens is 6. The number of anilines is 1. The Morgan fingerprint density at radius 1 is 1.15 bits per heavy atom. The lowest BCUT2D eigenvalue weighted by molar-refractivity contribution is -0.0120. The van der Waals surface area contributed by atoms with E-state index in [1.807, 2.05) is 18.2 Å². The Kier molecular flexibility index (Phi) is 7.06. The summed E-state index contributed by atoms with van der Waals surface area (Å²) < 4.78 is 17.7. The molecule has 4 heterocycles. The van der Waals surface area contributed by atoms with Crippen molar-refractivity contribution in [2.24, 2.45) is 5.73 Å². The van der Waals surface area contributed by atoms with Crippen molar-refractivity contribution >= 4 is 23.6 Å². The maximum Gasteiger partial charge on any atom is 0.148 e. The summed E-state index contributed by atoms with van der Waals surface area (Å²) in [5.41, 5.74) is 9.95. The number of alkyl halides is 1. The molecule has 7 rings (SSSR count). The molecular weight excluding hydrogens is 533 g/mol. The lowest BCUT2D eigenvalue weighted by Gasteiger charge is -2.52. The van der Waals surface area contributed by atoms with Crippen LogP contribution in [-0.4, -0.2) is 57.5 Å². The summed E-state index contributed by atoms with van der Waals surface area (Å²) in [5.74, 6) is 0. The average molecular weight is 566 g/mol. The minimum atomic E-state index is -1.50. The lowest BCUT2D eigenvalue weighted by Crippen LogP contribution is -2.57. The summed E-state index contributed by atoms with van der Waals surface area (Å²) in [7, 11) is 0. The fraction of sp³-hybridized carbons (Fsp3) is 0.464. The molecule has 0 spiro atoms. The standard InChI is InChI=1S/C28H32FN9O.ClH/c1-26(2,39)25(29)17-37-16-23(35-36-37)20-15-32-22(24-4-3-19-11-18(13-30)14-33-38(19)24)12-21(20)34-28-8-5-27(31,6-9-28)7-10-28;/h3-4,11-12,14-16,25,39H,5-10,17,31H2,1-2H3,(H,32,34);1H/t25-,27?,28?;/m1./s1. The number of nitrogens with one attached hydrogen (secondary N) is 1. The first-order valence-corrected chi connectivity index (χ1v) is 13.3. The van der Waals surface area contributed by atoms with Gasteiger partial charge in [0.25, 0.3) is 0 Å². The van der Waals surface area contributed by atoms with Gasteiger partial charge in [-0.05, 0) is 76.6 Å². The number of halogens is 2. The van der Waals surface area contributed by atoms with Crippen LogP contribution in [-0.2, 0) is 6.54 Å². The predicted octanol–water partition coefficient (Wildman–Crippen LogP) is 4.27. The zero-order valence-corrected chi connectivity index (χ0v) is 23.3. The molecule has 0 unspecified atom stereocenters. The molecule has 2 bridgehead atoms. The van der Waals surface area contributed by atoms with Gasteiger partial charge in [0.15, 0.2) is 0 Å². The van der Waals surface area contributed by atoms with Crippen LogP contribution < -0.4 is 11.1 Å². The molecule has 0 aromatic carbocycles. The van der Waals surface area contributed by atoms with E-state index in [4.69, 9.17) is 10.7 Å². The van der Waals surface area contributed by atoms with E-state index in [1.165, 1.54) is 24.7 Å². The Hall–Kier alpha value is -3.59. The maximum atomic E-state index is 14.5. The lowest BCUT2D eigenvalue weighted by atomic mass is 9.62. The van der Waals surface area contributed by atoms with Gasteiger partial charge in [0, 0.05) is 28.5 Å². The van der Waals surface area contributed by atoms with Crippen LogP contribution in [0.4, 0.5) is 10.1 Å². The molecule has 3 aliphatic rings. The molecule has 40 heavy (non-hydrogen) atoms. The molecule has 0 aliphatic heterocycles. The Labute approximate surface area is 237 Å². The fourth-order valence-electron chi connectivity index (χ4n) is 5.74. The molecule has 210 valence electrons. The Bertz CT molecular complexity index is 1560. The third kappa shape index (κ3) is 5.14. The second-order valence-electron chi connectivity index (χ2n) is 11.7. The number of rotatable bonds is 7. The van der Waals surface area contributed by atoms with Crippen molar-refractivity contribution in [3.63, 3.8) is 0 Å². The number of hydrogen-bond acceptors (Lipinski definition) is 8. The van der Waals surface area contributed by atoms with Crippen molar-refractivity contribution in [1.82, 2.24) is 29.6 Å². The normalized spacial score (nSPS) is 23.0. The number of hydrogen-bond donors (Lipinski definition) is 3. The number of nitrogens with two attached hydrogens (primary N) is 1. The number of pyridine rings is 1. The van der Waals surface area contributed by atoms with Crippen molar-refractivity contribution in [3.05, 3.63) is 48.4 Å². The molecule has 0 saturated heterocycles. The van der Waals surface area contributed by atoms with E-state index in [-0.39, 0.29) is 30.0 Å². The van der Waals surface area contributed by atoms with E-state index < -0.39 is 11.8 Å². The number of nitriles is 1. The predicted molar refractivity (Wildman–Crippen MR) is 152 cm³/mol. The third-order valence-corrected chi connectivity index (χ3v) is 8.43. The molecule has 4 aromatic rings. The van der Waals surface area contributed by atoms with Crippen LogP contribution in [0, 0.1) is 11.3 Å². The van der Waals surface area contributed by atoms with Crippen LogP contribution in [0.3, 0.4) is 0 Å². The van der Waals surface area contributed by atoms with E-state index >= 15 is 0 Å². The summed E-state index contributed by atoms with van der Waals surface area (Å²) in [6.07, 6.45) is 9.36. The van der Waals surface area contributed by atoms with Gasteiger partial charge in [0.1, 0.15) is 17.9 Å². The monoisotopic (exact) mass is 565 g/mol. The van der Waals surface area contributed by atoms with Crippen LogP contribution in [0.5, 0.6) is 0 Å². The van der Waals surface area contributed by atoms with Gasteiger partial charge in [-0.25, -0.2) is 13.6 Å². The van der Waals surface area contributed by atoms with Crippen LogP contribution in [0.15, 0.2) is 42.9 Å². The quantitative estimate of drug-likeness (QED) is 0.301. The molecular formula is C28H33ClFN9O. The minimum absolute atomic E-state index is 0. The van der Waals surface area contributed by atoms with E-state index in [0.717, 1.165) is 61.0 Å². The highest BCUT2D eigenvalue weighted by Gasteiger charge is 2.46. The van der Waals surface area contributed by atoms with Crippen LogP contribution >= 0.6 is 12.4 Å². The zero-order chi connectivity index (χ0) is 27.4. The molecule has 3 fully saturated rings. The van der Waals surface area contributed by atoms with E-state index in [2.05, 4.69) is 26.8 Å². The Morgan fingerprint density at radius 3 is 2.55 bits per heavy atom. The third-order valence-electron chi connectivity index (χ3n) is 8.43. The first-order chi connectivity index (χ1) is 18.6. The van der Waals surface area contributed by atoms with Gasteiger partial charge in [-0.2, -0.15) is 10.4 Å². The van der Waals surface area contributed by atoms with Crippen molar-refractivity contribution < 1.29 is 9.50 Å². The summed E-state index contributed by atoms with van der Waals surface area (Å²) in [6, 6.07) is 9.76. The summed E-state index contributed by atoms with van der Waals surface area (Å²) in [4.78, 5) is 4.75. The number of aliphatic hydroxyl groups is 1.